The van der Waals surface area contributed by atoms with Gasteiger partial charge >= 0.3 is 40.5 Å². The topological polar surface area (TPSA) is 200 Å². The lowest BCUT2D eigenvalue weighted by molar-refractivity contribution is -0.174. The molecule has 1 heterocycles. The number of nitrogens with zero attached hydrogens (tertiary/aromatic N) is 1. The minimum Gasteiger partial charge on any atom is -0.479 e. The van der Waals surface area contributed by atoms with E-state index in [1.807, 2.05) is 0 Å². The Hall–Kier alpha value is -3.18. The van der Waals surface area contributed by atoms with Crippen LogP contribution in [0, 0.1) is 0 Å². The molecule has 12 heteroatoms. The normalized spacial score (nSPS) is 10.9. The fourth-order valence-corrected chi connectivity index (χ4v) is 1.30. The molecular formula is C7H5N3O9. The number of aliphatic carboxylic acids is 3. The summed E-state index contributed by atoms with van der Waals surface area (Å²) >= 11 is 0. The molecule has 0 atom stereocenters. The highest BCUT2D eigenvalue weighted by Gasteiger charge is 2.59. The molecule has 0 aliphatic carbocycles. The van der Waals surface area contributed by atoms with Crippen molar-refractivity contribution in [2.24, 2.45) is 0 Å². The van der Waals surface area contributed by atoms with Crippen LogP contribution in [0.25, 0.3) is 0 Å². The molecule has 5 N–H and O–H groups in total. The zero-order valence-corrected chi connectivity index (χ0v) is 8.74. The van der Waals surface area contributed by atoms with Gasteiger partial charge in [-0.25, -0.2) is 33.3 Å². The molecule has 0 unspecified atom stereocenters. The Bertz CT molecular complexity index is 665. The maximum absolute atomic E-state index is 11.3. The van der Waals surface area contributed by atoms with Gasteiger partial charge in [0.1, 0.15) is 0 Å². The van der Waals surface area contributed by atoms with Gasteiger partial charge in [0.25, 0.3) is 0 Å². The van der Waals surface area contributed by atoms with Crippen molar-refractivity contribution in [3.63, 3.8) is 0 Å². The third-order valence-corrected chi connectivity index (χ3v) is 2.11. The average molecular weight is 275 g/mol. The molecule has 19 heavy (non-hydrogen) atoms. The first-order valence-corrected chi connectivity index (χ1v) is 4.32. The van der Waals surface area contributed by atoms with E-state index in [1.165, 1.54) is 9.97 Å². The maximum Gasteiger partial charge on any atom is 0.354 e. The van der Waals surface area contributed by atoms with Gasteiger partial charge in [0.05, 0.1) is 0 Å². The summed E-state index contributed by atoms with van der Waals surface area (Å²) in [7, 11) is 0. The highest BCUT2D eigenvalue weighted by molar-refractivity contribution is 6.18. The molecule has 0 bridgehead atoms. The highest BCUT2D eigenvalue weighted by atomic mass is 16.4. The van der Waals surface area contributed by atoms with E-state index < -0.39 is 45.1 Å². The fourth-order valence-electron chi connectivity index (χ4n) is 1.30. The lowest BCUT2D eigenvalue weighted by Gasteiger charge is -2.20. The summed E-state index contributed by atoms with van der Waals surface area (Å²) in [5, 5.41) is 26.3. The second-order valence-corrected chi connectivity index (χ2v) is 3.15. The zero-order valence-electron chi connectivity index (χ0n) is 8.74. The lowest BCUT2D eigenvalue weighted by atomic mass is 10.0. The lowest BCUT2D eigenvalue weighted by Crippen LogP contribution is -2.64. The number of nitrogens with one attached hydrogen (secondary N) is 2. The van der Waals surface area contributed by atoms with Gasteiger partial charge in [-0.05, 0) is 0 Å². The van der Waals surface area contributed by atoms with Crippen LogP contribution in [-0.2, 0) is 19.9 Å². The van der Waals surface area contributed by atoms with E-state index in [9.17, 15) is 28.8 Å². The number of aromatic amines is 2. The van der Waals surface area contributed by atoms with E-state index in [4.69, 9.17) is 15.3 Å². The van der Waals surface area contributed by atoms with Crippen molar-refractivity contribution >= 4 is 17.9 Å². The minimum absolute atomic E-state index is 0.624. The monoisotopic (exact) mass is 275 g/mol. The van der Waals surface area contributed by atoms with Crippen LogP contribution < -0.4 is 17.1 Å². The van der Waals surface area contributed by atoms with Gasteiger partial charge in [-0.2, -0.15) is 0 Å². The number of aromatic nitrogens is 3. The zero-order chi connectivity index (χ0) is 15.0. The van der Waals surface area contributed by atoms with Crippen LogP contribution >= 0.6 is 0 Å². The molecule has 1 aromatic rings. The molecule has 0 saturated carbocycles. The second-order valence-electron chi connectivity index (χ2n) is 3.15. The Balaban J connectivity index is 4.01. The summed E-state index contributed by atoms with van der Waals surface area (Å²) < 4.78 is -0.624. The number of carboxylic acids is 3. The molecule has 0 spiro atoms. The minimum atomic E-state index is -3.89. The molecule has 0 fully saturated rings. The first-order valence-electron chi connectivity index (χ1n) is 4.32. The molecule has 1 aromatic heterocycles. The smallest absolute Gasteiger partial charge is 0.354 e. The number of hydrogen-bond donors (Lipinski definition) is 5. The number of rotatable bonds is 4. The number of hydrogen-bond acceptors (Lipinski definition) is 6. The molecule has 102 valence electrons. The summed E-state index contributed by atoms with van der Waals surface area (Å²) in [6.07, 6.45) is 0. The van der Waals surface area contributed by atoms with Crippen molar-refractivity contribution in [2.75, 3.05) is 0 Å². The van der Waals surface area contributed by atoms with E-state index in [0.717, 1.165) is 0 Å². The largest absolute Gasteiger partial charge is 0.479 e. The van der Waals surface area contributed by atoms with Gasteiger partial charge in [0.15, 0.2) is 0 Å². The molecule has 0 radical (unpaired) electrons. The molecule has 0 aliphatic rings. The van der Waals surface area contributed by atoms with Crippen molar-refractivity contribution < 1.29 is 29.7 Å². The molecule has 0 saturated heterocycles. The van der Waals surface area contributed by atoms with Gasteiger partial charge in [-0.1, -0.05) is 0 Å². The first kappa shape index (κ1) is 13.9. The van der Waals surface area contributed by atoms with Crippen LogP contribution in [0.2, 0.25) is 0 Å². The van der Waals surface area contributed by atoms with Gasteiger partial charge in [-0.15, -0.1) is 0 Å². The predicted octanol–water partition coefficient (Wildman–Crippen LogP) is -3.83. The maximum atomic E-state index is 11.3. The second kappa shape index (κ2) is 4.25. The highest BCUT2D eigenvalue weighted by Crippen LogP contribution is 2.13. The van der Waals surface area contributed by atoms with E-state index in [0.29, 0.717) is 0 Å². The quantitative estimate of drug-likeness (QED) is 0.341. The molecule has 0 amide bonds. The van der Waals surface area contributed by atoms with Gasteiger partial charge < -0.3 is 15.3 Å². The van der Waals surface area contributed by atoms with Crippen LogP contribution in [-0.4, -0.2) is 47.8 Å². The van der Waals surface area contributed by atoms with E-state index in [2.05, 4.69) is 0 Å². The molecule has 0 aromatic carbocycles. The number of carbonyl (C=O) groups is 3. The molecule has 12 nitrogen and oxygen atoms in total. The van der Waals surface area contributed by atoms with Crippen LogP contribution in [0.4, 0.5) is 0 Å². The summed E-state index contributed by atoms with van der Waals surface area (Å²) in [5.74, 6) is -7.48. The van der Waals surface area contributed by atoms with Gasteiger partial charge in [0.2, 0.25) is 0 Å². The van der Waals surface area contributed by atoms with E-state index in [1.54, 1.807) is 0 Å². The molecule has 0 aliphatic heterocycles. The van der Waals surface area contributed by atoms with Crippen molar-refractivity contribution in [1.82, 2.24) is 14.5 Å². The van der Waals surface area contributed by atoms with Crippen LogP contribution in [0.15, 0.2) is 14.4 Å². The summed E-state index contributed by atoms with van der Waals surface area (Å²) in [4.78, 5) is 68.9. The third-order valence-electron chi connectivity index (χ3n) is 2.11. The van der Waals surface area contributed by atoms with Crippen molar-refractivity contribution in [2.45, 2.75) is 5.54 Å². The Morgan fingerprint density at radius 3 is 1.42 bits per heavy atom. The third kappa shape index (κ3) is 1.80. The van der Waals surface area contributed by atoms with E-state index >= 15 is 0 Å². The average Bonchev–Trinajstić information content (AvgIpc) is 2.20. The first-order chi connectivity index (χ1) is 8.65. The van der Waals surface area contributed by atoms with Crippen molar-refractivity contribution in [3.8, 4) is 0 Å². The van der Waals surface area contributed by atoms with Crippen LogP contribution in [0.3, 0.4) is 0 Å². The van der Waals surface area contributed by atoms with E-state index in [-0.39, 0.29) is 0 Å². The predicted molar refractivity (Wildman–Crippen MR) is 52.8 cm³/mol. The van der Waals surface area contributed by atoms with Crippen molar-refractivity contribution in [3.05, 3.63) is 31.5 Å². The summed E-state index contributed by atoms with van der Waals surface area (Å²) in [6.45, 7) is 0. The van der Waals surface area contributed by atoms with Crippen LogP contribution in [0.1, 0.15) is 0 Å². The summed E-state index contributed by atoms with van der Waals surface area (Å²) in [5.41, 5.74) is -8.82. The standard InChI is InChI=1S/C7H5N3O9/c11-1(12)7(2(13)14,3(15)16)10-5(18)8-4(17)9-6(10)19/h(H,11,12)(H,13,14)(H,15,16)(H2,8,9,17,18,19). The summed E-state index contributed by atoms with van der Waals surface area (Å²) in [6, 6.07) is 0. The Morgan fingerprint density at radius 1 is 0.842 bits per heavy atom. The van der Waals surface area contributed by atoms with Crippen molar-refractivity contribution in [1.29, 1.82) is 0 Å². The van der Waals surface area contributed by atoms with Gasteiger partial charge in [0, 0.05) is 0 Å². The number of H-pyrrole nitrogens is 2. The number of carboxylic acid groups (broad SMARTS) is 3. The Kier molecular flexibility index (Phi) is 3.10. The fraction of sp³-hybridized carbons (Fsp3) is 0.143. The Labute approximate surface area is 100 Å². The Morgan fingerprint density at radius 2 is 1.16 bits per heavy atom. The van der Waals surface area contributed by atoms with Crippen LogP contribution in [0.5, 0.6) is 0 Å². The SMILES string of the molecule is O=C(O)C(C(=O)O)(C(=O)O)n1c(=O)[nH]c(=O)[nH]c1=O. The molecule has 1 rings (SSSR count). The van der Waals surface area contributed by atoms with Gasteiger partial charge in [-0.3, -0.25) is 9.97 Å². The molecular weight excluding hydrogens is 270 g/mol.